The van der Waals surface area contributed by atoms with E-state index in [1.807, 2.05) is 7.05 Å². The summed E-state index contributed by atoms with van der Waals surface area (Å²) >= 11 is 0. The molecule has 15 heavy (non-hydrogen) atoms. The Morgan fingerprint density at radius 2 is 2.13 bits per heavy atom. The summed E-state index contributed by atoms with van der Waals surface area (Å²) in [4.78, 5) is 6.69. The Labute approximate surface area is 89.8 Å². The quantitative estimate of drug-likeness (QED) is 0.795. The van der Waals surface area contributed by atoms with Crippen LogP contribution in [0.5, 0.6) is 0 Å². The summed E-state index contributed by atoms with van der Waals surface area (Å²) in [5, 5.41) is 6.90. The van der Waals surface area contributed by atoms with Gasteiger partial charge < -0.3 is 9.84 Å². The van der Waals surface area contributed by atoms with Crippen molar-refractivity contribution in [3.05, 3.63) is 11.7 Å². The lowest BCUT2D eigenvalue weighted by Gasteiger charge is -2.24. The lowest BCUT2D eigenvalue weighted by atomic mass is 10.1. The summed E-state index contributed by atoms with van der Waals surface area (Å²) in [6.45, 7) is 3.79. The van der Waals surface area contributed by atoms with Crippen LogP contribution in [0.1, 0.15) is 31.0 Å². The Balaban J connectivity index is 1.86. The predicted octanol–water partition coefficient (Wildman–Crippen LogP) is 0.775. The van der Waals surface area contributed by atoms with Crippen LogP contribution >= 0.6 is 0 Å². The van der Waals surface area contributed by atoms with Gasteiger partial charge in [0.1, 0.15) is 0 Å². The minimum absolute atomic E-state index is 0.670. The van der Waals surface area contributed by atoms with Crippen molar-refractivity contribution in [2.45, 2.75) is 32.4 Å². The topological polar surface area (TPSA) is 54.2 Å². The van der Waals surface area contributed by atoms with Crippen molar-refractivity contribution >= 4 is 0 Å². The zero-order chi connectivity index (χ0) is 10.5. The molecule has 1 N–H and O–H groups in total. The van der Waals surface area contributed by atoms with Crippen LogP contribution in [0.4, 0.5) is 0 Å². The van der Waals surface area contributed by atoms with E-state index in [1.54, 1.807) is 0 Å². The van der Waals surface area contributed by atoms with Gasteiger partial charge in [0.25, 0.3) is 0 Å². The van der Waals surface area contributed by atoms with E-state index in [2.05, 4.69) is 20.4 Å². The number of nitrogens with one attached hydrogen (secondary N) is 1. The highest BCUT2D eigenvalue weighted by Crippen LogP contribution is 2.11. The monoisotopic (exact) mass is 210 g/mol. The first kappa shape index (κ1) is 10.6. The first-order valence-electron chi connectivity index (χ1n) is 5.57. The highest BCUT2D eigenvalue weighted by Gasteiger charge is 2.14. The molecule has 0 radical (unpaired) electrons. The first-order chi connectivity index (χ1) is 7.38. The van der Waals surface area contributed by atoms with Crippen molar-refractivity contribution < 1.29 is 4.52 Å². The van der Waals surface area contributed by atoms with Crippen molar-refractivity contribution in [2.24, 2.45) is 0 Å². The number of likely N-dealkylation sites (tertiary alicyclic amines) is 1. The normalized spacial score (nSPS) is 18.2. The van der Waals surface area contributed by atoms with Gasteiger partial charge in [-0.2, -0.15) is 4.98 Å². The lowest BCUT2D eigenvalue weighted by molar-refractivity contribution is 0.193. The Bertz CT molecular complexity index is 293. The smallest absolute Gasteiger partial charge is 0.240 e. The van der Waals surface area contributed by atoms with Crippen LogP contribution in [-0.4, -0.2) is 35.2 Å². The molecule has 5 nitrogen and oxygen atoms in total. The van der Waals surface area contributed by atoms with Gasteiger partial charge in [0.2, 0.25) is 5.89 Å². The summed E-state index contributed by atoms with van der Waals surface area (Å²) in [5.41, 5.74) is 0. The third kappa shape index (κ3) is 3.00. The predicted molar refractivity (Wildman–Crippen MR) is 56.2 cm³/mol. The summed E-state index contributed by atoms with van der Waals surface area (Å²) in [6, 6.07) is 0. The zero-order valence-electron chi connectivity index (χ0n) is 9.20. The van der Waals surface area contributed by atoms with E-state index in [0.717, 1.165) is 31.3 Å². The fraction of sp³-hybridized carbons (Fsp3) is 0.800. The second-order valence-electron chi connectivity index (χ2n) is 3.97. The van der Waals surface area contributed by atoms with Crippen LogP contribution in [0.3, 0.4) is 0 Å². The molecule has 0 atom stereocenters. The minimum Gasteiger partial charge on any atom is -0.338 e. The minimum atomic E-state index is 0.670. The Hall–Kier alpha value is -0.940. The average Bonchev–Trinajstić information content (AvgIpc) is 2.68. The van der Waals surface area contributed by atoms with E-state index >= 15 is 0 Å². The number of nitrogens with zero attached hydrogens (tertiary/aromatic N) is 3. The van der Waals surface area contributed by atoms with Gasteiger partial charge in [0.15, 0.2) is 5.82 Å². The number of aromatic nitrogens is 2. The fourth-order valence-electron chi connectivity index (χ4n) is 1.89. The largest absolute Gasteiger partial charge is 0.338 e. The second-order valence-corrected chi connectivity index (χ2v) is 3.97. The molecule has 2 rings (SSSR count). The van der Waals surface area contributed by atoms with E-state index in [4.69, 9.17) is 4.52 Å². The van der Waals surface area contributed by atoms with Crippen LogP contribution in [0.2, 0.25) is 0 Å². The van der Waals surface area contributed by atoms with E-state index in [0.29, 0.717) is 6.54 Å². The summed E-state index contributed by atoms with van der Waals surface area (Å²) in [7, 11) is 1.88. The van der Waals surface area contributed by atoms with Gasteiger partial charge in [-0.25, -0.2) is 0 Å². The summed E-state index contributed by atoms with van der Waals surface area (Å²) in [5.74, 6) is 1.48. The molecule has 1 aliphatic heterocycles. The molecule has 5 heteroatoms. The molecular weight excluding hydrogens is 192 g/mol. The molecule has 1 fully saturated rings. The van der Waals surface area contributed by atoms with E-state index in [1.165, 1.54) is 19.3 Å². The zero-order valence-corrected chi connectivity index (χ0v) is 9.20. The Kier molecular flexibility index (Phi) is 3.69. The van der Waals surface area contributed by atoms with Crippen molar-refractivity contribution in [1.29, 1.82) is 0 Å². The Morgan fingerprint density at radius 1 is 1.33 bits per heavy atom. The van der Waals surface area contributed by atoms with Crippen LogP contribution in [0.25, 0.3) is 0 Å². The van der Waals surface area contributed by atoms with Gasteiger partial charge in [-0.1, -0.05) is 11.6 Å². The SMILES string of the molecule is CNCc1noc(CN2CCCCC2)n1. The van der Waals surface area contributed by atoms with Crippen LogP contribution in [0, 0.1) is 0 Å². The molecule has 2 heterocycles. The third-order valence-corrected chi connectivity index (χ3v) is 2.65. The third-order valence-electron chi connectivity index (χ3n) is 2.65. The molecule has 1 aliphatic rings. The first-order valence-corrected chi connectivity index (χ1v) is 5.57. The lowest BCUT2D eigenvalue weighted by Crippen LogP contribution is -2.29. The van der Waals surface area contributed by atoms with Gasteiger partial charge in [0.05, 0.1) is 13.1 Å². The van der Waals surface area contributed by atoms with Crippen molar-refractivity contribution in [1.82, 2.24) is 20.4 Å². The molecule has 0 amide bonds. The highest BCUT2D eigenvalue weighted by molar-refractivity contribution is 4.86. The average molecular weight is 210 g/mol. The molecule has 84 valence electrons. The molecule has 1 aromatic rings. The van der Waals surface area contributed by atoms with Crippen LogP contribution in [-0.2, 0) is 13.1 Å². The molecule has 0 unspecified atom stereocenters. The van der Waals surface area contributed by atoms with Crippen molar-refractivity contribution in [2.75, 3.05) is 20.1 Å². The molecule has 0 spiro atoms. The van der Waals surface area contributed by atoms with E-state index in [-0.39, 0.29) is 0 Å². The van der Waals surface area contributed by atoms with E-state index < -0.39 is 0 Å². The maximum Gasteiger partial charge on any atom is 0.240 e. The molecule has 1 saturated heterocycles. The number of hydrogen-bond acceptors (Lipinski definition) is 5. The van der Waals surface area contributed by atoms with Crippen LogP contribution in [0.15, 0.2) is 4.52 Å². The second kappa shape index (κ2) is 5.23. The van der Waals surface area contributed by atoms with Gasteiger partial charge >= 0.3 is 0 Å². The van der Waals surface area contributed by atoms with Gasteiger partial charge in [-0.05, 0) is 33.0 Å². The fourth-order valence-corrected chi connectivity index (χ4v) is 1.89. The molecule has 0 aromatic carbocycles. The molecule has 0 saturated carbocycles. The number of rotatable bonds is 4. The van der Waals surface area contributed by atoms with E-state index in [9.17, 15) is 0 Å². The van der Waals surface area contributed by atoms with Gasteiger partial charge in [-0.15, -0.1) is 0 Å². The molecular formula is C10H18N4O. The number of piperidine rings is 1. The molecule has 0 bridgehead atoms. The standard InChI is InChI=1S/C10H18N4O/c1-11-7-9-12-10(15-13-9)8-14-5-3-2-4-6-14/h11H,2-8H2,1H3. The van der Waals surface area contributed by atoms with Gasteiger partial charge in [0, 0.05) is 0 Å². The summed E-state index contributed by atoms with van der Waals surface area (Å²) < 4.78 is 5.18. The maximum absolute atomic E-state index is 5.18. The summed E-state index contributed by atoms with van der Waals surface area (Å²) in [6.07, 6.45) is 3.93. The Morgan fingerprint density at radius 3 is 2.87 bits per heavy atom. The maximum atomic E-state index is 5.18. The number of hydrogen-bond donors (Lipinski definition) is 1. The highest BCUT2D eigenvalue weighted by atomic mass is 16.5. The van der Waals surface area contributed by atoms with Gasteiger partial charge in [-0.3, -0.25) is 4.90 Å². The van der Waals surface area contributed by atoms with Crippen molar-refractivity contribution in [3.63, 3.8) is 0 Å². The molecule has 0 aliphatic carbocycles. The van der Waals surface area contributed by atoms with Crippen LogP contribution < -0.4 is 5.32 Å². The van der Waals surface area contributed by atoms with Crippen molar-refractivity contribution in [3.8, 4) is 0 Å². The molecule has 1 aromatic heterocycles.